The summed E-state index contributed by atoms with van der Waals surface area (Å²) < 4.78 is 6.11. The van der Waals surface area contributed by atoms with Crippen LogP contribution in [0, 0.1) is 5.92 Å². The normalized spacial score (nSPS) is 24.6. The molecule has 40 heavy (non-hydrogen) atoms. The minimum atomic E-state index is -1.39. The molecule has 1 aliphatic carbocycles. The quantitative estimate of drug-likeness (QED) is 0.341. The summed E-state index contributed by atoms with van der Waals surface area (Å²) in [7, 11) is 0. The van der Waals surface area contributed by atoms with E-state index >= 15 is 0 Å². The lowest BCUT2D eigenvalue weighted by Gasteiger charge is -2.21. The third kappa shape index (κ3) is 5.96. The minimum Gasteiger partial charge on any atom is -0.508 e. The number of nitrogens with zero attached hydrogens (tertiary/aromatic N) is 2. The Bertz CT molecular complexity index is 1490. The standard InChI is InChI=1S/C30H30N4O6/c35-21-11-12-22-25(16-21)32-24(19-8-4-3-5-9-19)17-26(22)40-15-13-23-27(36)34-30(28(37)38)18-20(30)10-6-1-2-7-14-31-29(39)33-23/h3-6,8-12,14,16-17,20,23,35H,1-2,7,13,15,18H2,(H,33,39)(H,34,36)(H,37,38)/b10-6-,31-14+/t20-,23-,30+/m0/s1. The van der Waals surface area contributed by atoms with E-state index in [1.54, 1.807) is 18.2 Å². The van der Waals surface area contributed by atoms with E-state index in [1.165, 1.54) is 12.3 Å². The first kappa shape index (κ1) is 26.9. The number of carboxylic acids is 1. The predicted octanol–water partition coefficient (Wildman–Crippen LogP) is 4.22. The van der Waals surface area contributed by atoms with Crippen molar-refractivity contribution >= 4 is 35.0 Å². The van der Waals surface area contributed by atoms with Gasteiger partial charge in [0.15, 0.2) is 0 Å². The number of aromatic hydroxyl groups is 1. The number of hydrogen-bond donors (Lipinski definition) is 4. The fourth-order valence-electron chi connectivity index (χ4n) is 4.81. The fourth-order valence-corrected chi connectivity index (χ4v) is 4.81. The number of phenolic OH excluding ortho intramolecular Hbond substituents is 1. The van der Waals surface area contributed by atoms with E-state index in [1.807, 2.05) is 42.5 Å². The maximum Gasteiger partial charge on any atom is 0.341 e. The topological polar surface area (TPSA) is 150 Å². The molecule has 1 aliphatic heterocycles. The van der Waals surface area contributed by atoms with Gasteiger partial charge in [-0.2, -0.15) is 0 Å². The molecule has 10 heteroatoms. The van der Waals surface area contributed by atoms with Gasteiger partial charge in [-0.15, -0.1) is 0 Å². The Morgan fingerprint density at radius 1 is 1.10 bits per heavy atom. The Kier molecular flexibility index (Phi) is 7.77. The lowest BCUT2D eigenvalue weighted by Crippen LogP contribution is -2.53. The van der Waals surface area contributed by atoms with Gasteiger partial charge in [0.2, 0.25) is 5.91 Å². The first-order valence-electron chi connectivity index (χ1n) is 13.2. The highest BCUT2D eigenvalue weighted by atomic mass is 16.5. The molecule has 4 N–H and O–H groups in total. The molecule has 5 rings (SSSR count). The number of carbonyl (C=O) groups excluding carboxylic acids is 2. The first-order chi connectivity index (χ1) is 19.4. The molecule has 0 saturated heterocycles. The van der Waals surface area contributed by atoms with Crippen LogP contribution in [0.1, 0.15) is 32.1 Å². The van der Waals surface area contributed by atoms with Gasteiger partial charge in [0, 0.05) is 41.6 Å². The molecular weight excluding hydrogens is 512 g/mol. The number of ether oxygens (including phenoxy) is 1. The molecule has 2 aromatic carbocycles. The van der Waals surface area contributed by atoms with Crippen LogP contribution in [0.5, 0.6) is 11.5 Å². The van der Waals surface area contributed by atoms with E-state index < -0.39 is 29.5 Å². The number of amides is 3. The molecule has 0 unspecified atom stereocenters. The highest BCUT2D eigenvalue weighted by Gasteiger charge is 2.60. The van der Waals surface area contributed by atoms with E-state index in [9.17, 15) is 24.6 Å². The molecule has 10 nitrogen and oxygen atoms in total. The minimum absolute atomic E-state index is 0.0275. The number of allylic oxidation sites excluding steroid dienone is 1. The van der Waals surface area contributed by atoms with Crippen LogP contribution in [-0.2, 0) is 9.59 Å². The Morgan fingerprint density at radius 3 is 2.73 bits per heavy atom. The second kappa shape index (κ2) is 11.6. The van der Waals surface area contributed by atoms with Crippen molar-refractivity contribution in [3.05, 3.63) is 66.7 Å². The van der Waals surface area contributed by atoms with E-state index in [4.69, 9.17) is 4.74 Å². The van der Waals surface area contributed by atoms with E-state index in [0.717, 1.165) is 18.4 Å². The number of carboxylic acid groups (broad SMARTS) is 1. The summed E-state index contributed by atoms with van der Waals surface area (Å²) in [5.74, 6) is -1.48. The van der Waals surface area contributed by atoms with Gasteiger partial charge < -0.3 is 25.6 Å². The van der Waals surface area contributed by atoms with Crippen LogP contribution >= 0.6 is 0 Å². The Labute approximate surface area is 230 Å². The summed E-state index contributed by atoms with van der Waals surface area (Å²) in [5, 5.41) is 25.8. The number of fused-ring (bicyclic) bond motifs is 2. The monoisotopic (exact) mass is 542 g/mol. The number of phenols is 1. The van der Waals surface area contributed by atoms with E-state index in [0.29, 0.717) is 28.8 Å². The zero-order chi connectivity index (χ0) is 28.1. The first-order valence-corrected chi connectivity index (χ1v) is 13.2. The SMILES string of the molecule is O=C1/N=C/CCC/C=C\[C@H]2C[C@@]2(C(=O)O)NC(=O)[C@H](CCOc2cc(-c3ccccc3)nc3cc(O)ccc23)N1. The van der Waals surface area contributed by atoms with Crippen LogP contribution in [0.15, 0.2) is 71.7 Å². The number of rotatable bonds is 6. The van der Waals surface area contributed by atoms with Crippen molar-refractivity contribution in [2.24, 2.45) is 10.9 Å². The lowest BCUT2D eigenvalue weighted by atomic mass is 10.1. The van der Waals surface area contributed by atoms with Gasteiger partial charge in [-0.25, -0.2) is 19.6 Å². The Morgan fingerprint density at radius 2 is 1.93 bits per heavy atom. The second-order valence-corrected chi connectivity index (χ2v) is 9.96. The summed E-state index contributed by atoms with van der Waals surface area (Å²) in [4.78, 5) is 46.3. The van der Waals surface area contributed by atoms with Crippen molar-refractivity contribution in [1.29, 1.82) is 0 Å². The molecule has 1 fully saturated rings. The van der Waals surface area contributed by atoms with Gasteiger partial charge in [0.1, 0.15) is 23.1 Å². The van der Waals surface area contributed by atoms with Gasteiger partial charge >= 0.3 is 12.0 Å². The summed E-state index contributed by atoms with van der Waals surface area (Å²) in [5.41, 5.74) is 0.646. The highest BCUT2D eigenvalue weighted by molar-refractivity contribution is 5.95. The van der Waals surface area contributed by atoms with Crippen molar-refractivity contribution in [3.8, 4) is 22.8 Å². The average molecular weight is 543 g/mol. The smallest absolute Gasteiger partial charge is 0.341 e. The number of hydrogen-bond acceptors (Lipinski definition) is 6. The Hall–Kier alpha value is -4.73. The van der Waals surface area contributed by atoms with Crippen LogP contribution in [0.4, 0.5) is 4.79 Å². The number of aliphatic carboxylic acids is 1. The van der Waals surface area contributed by atoms with Crippen LogP contribution in [0.2, 0.25) is 0 Å². The van der Waals surface area contributed by atoms with Crippen molar-refractivity contribution in [1.82, 2.24) is 15.6 Å². The van der Waals surface area contributed by atoms with Crippen LogP contribution in [0.3, 0.4) is 0 Å². The average Bonchev–Trinajstić information content (AvgIpc) is 3.65. The van der Waals surface area contributed by atoms with Gasteiger partial charge in [-0.05, 0) is 37.8 Å². The fraction of sp³-hybridized carbons (Fsp3) is 0.300. The zero-order valence-corrected chi connectivity index (χ0v) is 21.7. The molecule has 3 amide bonds. The van der Waals surface area contributed by atoms with Crippen molar-refractivity contribution in [2.75, 3.05) is 6.61 Å². The predicted molar refractivity (Wildman–Crippen MR) is 149 cm³/mol. The number of benzene rings is 2. The van der Waals surface area contributed by atoms with E-state index in [2.05, 4.69) is 20.6 Å². The molecule has 3 atom stereocenters. The summed E-state index contributed by atoms with van der Waals surface area (Å²) in [6, 6.07) is 14.3. The summed E-state index contributed by atoms with van der Waals surface area (Å²) in [6.07, 6.45) is 7.70. The van der Waals surface area contributed by atoms with Crippen LogP contribution < -0.4 is 15.4 Å². The number of pyridine rings is 1. The van der Waals surface area contributed by atoms with E-state index in [-0.39, 0.29) is 31.1 Å². The number of aromatic nitrogens is 1. The molecule has 3 aromatic rings. The molecular formula is C30H30N4O6. The number of nitrogens with one attached hydrogen (secondary N) is 2. The van der Waals surface area contributed by atoms with Gasteiger partial charge in [-0.3, -0.25) is 4.79 Å². The number of carbonyl (C=O) groups is 3. The third-order valence-electron chi connectivity index (χ3n) is 7.13. The third-order valence-corrected chi connectivity index (χ3v) is 7.13. The van der Waals surface area contributed by atoms with Gasteiger partial charge in [-0.1, -0.05) is 42.5 Å². The molecule has 0 bridgehead atoms. The molecule has 206 valence electrons. The molecule has 0 spiro atoms. The van der Waals surface area contributed by atoms with Gasteiger partial charge in [0.25, 0.3) is 0 Å². The zero-order valence-electron chi connectivity index (χ0n) is 21.7. The molecule has 1 aromatic heterocycles. The maximum absolute atomic E-state index is 13.2. The van der Waals surface area contributed by atoms with Crippen molar-refractivity contribution in [3.63, 3.8) is 0 Å². The van der Waals surface area contributed by atoms with Gasteiger partial charge in [0.05, 0.1) is 17.8 Å². The molecule has 2 heterocycles. The summed E-state index contributed by atoms with van der Waals surface area (Å²) >= 11 is 0. The molecule has 0 radical (unpaired) electrons. The number of aliphatic imine (C=N–C) groups is 1. The molecule has 1 saturated carbocycles. The van der Waals surface area contributed by atoms with Crippen LogP contribution in [0.25, 0.3) is 22.2 Å². The molecule has 2 aliphatic rings. The largest absolute Gasteiger partial charge is 0.508 e. The van der Waals surface area contributed by atoms with Crippen molar-refractivity contribution in [2.45, 2.75) is 43.7 Å². The number of urea groups is 1. The van der Waals surface area contributed by atoms with Crippen molar-refractivity contribution < 1.29 is 29.3 Å². The summed E-state index contributed by atoms with van der Waals surface area (Å²) in [6.45, 7) is 0.0275. The second-order valence-electron chi connectivity index (χ2n) is 9.96. The lowest BCUT2D eigenvalue weighted by molar-refractivity contribution is -0.143. The maximum atomic E-state index is 13.2. The highest BCUT2D eigenvalue weighted by Crippen LogP contribution is 2.45. The van der Waals surface area contributed by atoms with Crippen LogP contribution in [-0.4, -0.2) is 57.5 Å². The Balaban J connectivity index is 1.37.